The molecule has 23 heavy (non-hydrogen) atoms. The average molecular weight is 318 g/mol. The van der Waals surface area contributed by atoms with E-state index in [2.05, 4.69) is 10.1 Å². The van der Waals surface area contributed by atoms with Crippen molar-refractivity contribution < 1.29 is 18.3 Å². The fourth-order valence-electron chi connectivity index (χ4n) is 2.68. The summed E-state index contributed by atoms with van der Waals surface area (Å²) in [6, 6.07) is 13.9. The fourth-order valence-corrected chi connectivity index (χ4v) is 2.68. The topological polar surface area (TPSA) is 41.6 Å². The van der Waals surface area contributed by atoms with E-state index >= 15 is 0 Å². The molecule has 120 valence electrons. The lowest BCUT2D eigenvalue weighted by Gasteiger charge is -2.18. The van der Waals surface area contributed by atoms with Crippen molar-refractivity contribution in [1.29, 1.82) is 0 Å². The molecular weight excluding hydrogens is 302 g/mol. The van der Waals surface area contributed by atoms with Gasteiger partial charge in [0, 0.05) is 24.3 Å². The Morgan fingerprint density at radius 3 is 2.74 bits per heavy atom. The maximum atomic E-state index is 12.4. The van der Waals surface area contributed by atoms with Gasteiger partial charge in [-0.1, -0.05) is 36.4 Å². The number of benzene rings is 2. The molecule has 1 N–H and O–H groups in total. The molecule has 0 spiro atoms. The summed E-state index contributed by atoms with van der Waals surface area (Å²) in [6.45, 7) is -2.15. The second-order valence-corrected chi connectivity index (χ2v) is 5.18. The van der Waals surface area contributed by atoms with Crippen LogP contribution in [0.5, 0.6) is 5.75 Å². The highest BCUT2D eigenvalue weighted by Crippen LogP contribution is 2.27. The van der Waals surface area contributed by atoms with Gasteiger partial charge < -0.3 is 10.1 Å². The maximum absolute atomic E-state index is 12.4. The SMILES string of the molecule is O=C(NCc1ccccc1OC(F)F)N1CCc2ccccc21. The smallest absolute Gasteiger partial charge is 0.387 e. The first-order valence-corrected chi connectivity index (χ1v) is 7.31. The molecule has 0 radical (unpaired) electrons. The first kappa shape index (κ1) is 15.3. The summed E-state index contributed by atoms with van der Waals surface area (Å²) in [7, 11) is 0. The van der Waals surface area contributed by atoms with E-state index in [1.165, 1.54) is 6.07 Å². The Morgan fingerprint density at radius 1 is 1.17 bits per heavy atom. The molecule has 1 aliphatic rings. The highest BCUT2D eigenvalue weighted by molar-refractivity contribution is 5.94. The van der Waals surface area contributed by atoms with E-state index in [-0.39, 0.29) is 18.3 Å². The number of amides is 2. The first-order chi connectivity index (χ1) is 11.1. The van der Waals surface area contributed by atoms with E-state index in [0.717, 1.165) is 17.7 Å². The zero-order valence-corrected chi connectivity index (χ0v) is 12.3. The predicted molar refractivity (Wildman–Crippen MR) is 82.8 cm³/mol. The number of para-hydroxylation sites is 2. The molecule has 0 saturated heterocycles. The van der Waals surface area contributed by atoms with Crippen LogP contribution in [0.25, 0.3) is 0 Å². The molecule has 0 bridgehead atoms. The summed E-state index contributed by atoms with van der Waals surface area (Å²) in [4.78, 5) is 14.0. The Balaban J connectivity index is 1.67. The number of rotatable bonds is 4. The number of anilines is 1. The lowest BCUT2D eigenvalue weighted by Crippen LogP contribution is -2.38. The summed E-state index contributed by atoms with van der Waals surface area (Å²) in [6.07, 6.45) is 0.814. The van der Waals surface area contributed by atoms with E-state index in [9.17, 15) is 13.6 Å². The number of alkyl halides is 2. The largest absolute Gasteiger partial charge is 0.434 e. The van der Waals surface area contributed by atoms with Gasteiger partial charge in [-0.2, -0.15) is 8.78 Å². The third kappa shape index (κ3) is 3.41. The number of halogens is 2. The number of ether oxygens (including phenoxy) is 1. The maximum Gasteiger partial charge on any atom is 0.387 e. The molecule has 2 amide bonds. The Kier molecular flexibility index (Phi) is 4.41. The number of urea groups is 1. The Bertz CT molecular complexity index is 706. The molecule has 0 aliphatic carbocycles. The van der Waals surface area contributed by atoms with Crippen molar-refractivity contribution in [3.05, 3.63) is 59.7 Å². The lowest BCUT2D eigenvalue weighted by atomic mass is 10.2. The minimum absolute atomic E-state index is 0.0737. The van der Waals surface area contributed by atoms with Crippen LogP contribution in [0.1, 0.15) is 11.1 Å². The Morgan fingerprint density at radius 2 is 1.91 bits per heavy atom. The molecule has 0 aromatic heterocycles. The number of hydrogen-bond acceptors (Lipinski definition) is 2. The van der Waals surface area contributed by atoms with E-state index in [0.29, 0.717) is 12.1 Å². The van der Waals surface area contributed by atoms with Gasteiger partial charge in [0.05, 0.1) is 0 Å². The van der Waals surface area contributed by atoms with Crippen LogP contribution in [-0.4, -0.2) is 19.2 Å². The van der Waals surface area contributed by atoms with Gasteiger partial charge in [-0.15, -0.1) is 0 Å². The molecular formula is C17H16F2N2O2. The van der Waals surface area contributed by atoms with Gasteiger partial charge in [0.2, 0.25) is 0 Å². The zero-order valence-electron chi connectivity index (χ0n) is 12.3. The van der Waals surface area contributed by atoms with Gasteiger partial charge in [0.15, 0.2) is 0 Å². The monoisotopic (exact) mass is 318 g/mol. The van der Waals surface area contributed by atoms with E-state index in [1.807, 2.05) is 24.3 Å². The second-order valence-electron chi connectivity index (χ2n) is 5.18. The quantitative estimate of drug-likeness (QED) is 0.936. The van der Waals surface area contributed by atoms with Crippen molar-refractivity contribution >= 4 is 11.7 Å². The second kappa shape index (κ2) is 6.64. The summed E-state index contributed by atoms with van der Waals surface area (Å²) in [5, 5.41) is 2.76. The fraction of sp³-hybridized carbons (Fsp3) is 0.235. The van der Waals surface area contributed by atoms with Crippen molar-refractivity contribution in [2.45, 2.75) is 19.6 Å². The van der Waals surface area contributed by atoms with Gasteiger partial charge in [0.25, 0.3) is 0 Å². The molecule has 0 unspecified atom stereocenters. The molecule has 1 aliphatic heterocycles. The molecule has 6 heteroatoms. The standard InChI is InChI=1S/C17H16F2N2O2/c18-16(19)23-15-8-4-2-6-13(15)11-20-17(22)21-10-9-12-5-1-3-7-14(12)21/h1-8,16H,9-11H2,(H,20,22). The van der Waals surface area contributed by atoms with Crippen molar-refractivity contribution in [3.63, 3.8) is 0 Å². The lowest BCUT2D eigenvalue weighted by molar-refractivity contribution is -0.0504. The molecule has 2 aromatic carbocycles. The van der Waals surface area contributed by atoms with Crippen LogP contribution in [0, 0.1) is 0 Å². The number of carbonyl (C=O) groups excluding carboxylic acids is 1. The van der Waals surface area contributed by atoms with Crippen LogP contribution >= 0.6 is 0 Å². The van der Waals surface area contributed by atoms with E-state index in [4.69, 9.17) is 0 Å². The van der Waals surface area contributed by atoms with Crippen LogP contribution in [0.15, 0.2) is 48.5 Å². The number of nitrogens with zero attached hydrogens (tertiary/aromatic N) is 1. The van der Waals surface area contributed by atoms with Crippen molar-refractivity contribution in [1.82, 2.24) is 5.32 Å². The summed E-state index contributed by atoms with van der Waals surface area (Å²) in [5.41, 5.74) is 2.53. The normalized spacial score (nSPS) is 13.1. The number of carbonyl (C=O) groups is 1. The number of fused-ring (bicyclic) bond motifs is 1. The molecule has 3 rings (SSSR count). The van der Waals surface area contributed by atoms with Crippen LogP contribution in [0.4, 0.5) is 19.3 Å². The Hall–Kier alpha value is -2.63. The highest BCUT2D eigenvalue weighted by Gasteiger charge is 2.24. The van der Waals surface area contributed by atoms with Gasteiger partial charge in [-0.3, -0.25) is 4.90 Å². The van der Waals surface area contributed by atoms with E-state index < -0.39 is 6.61 Å². The van der Waals surface area contributed by atoms with Crippen LogP contribution < -0.4 is 15.0 Å². The first-order valence-electron chi connectivity index (χ1n) is 7.31. The molecule has 1 heterocycles. The number of hydrogen-bond donors (Lipinski definition) is 1. The predicted octanol–water partition coefficient (Wildman–Crippen LogP) is 3.56. The van der Waals surface area contributed by atoms with E-state index in [1.54, 1.807) is 23.1 Å². The summed E-state index contributed by atoms with van der Waals surface area (Å²) in [5.74, 6) is 0.0737. The van der Waals surface area contributed by atoms with Crippen LogP contribution in [0.2, 0.25) is 0 Å². The highest BCUT2D eigenvalue weighted by atomic mass is 19.3. The average Bonchev–Trinajstić information content (AvgIpc) is 2.97. The third-order valence-electron chi connectivity index (χ3n) is 3.75. The molecule has 2 aromatic rings. The summed E-state index contributed by atoms with van der Waals surface area (Å²) >= 11 is 0. The third-order valence-corrected chi connectivity index (χ3v) is 3.75. The molecule has 0 fully saturated rings. The van der Waals surface area contributed by atoms with Gasteiger partial charge in [0.1, 0.15) is 5.75 Å². The summed E-state index contributed by atoms with van der Waals surface area (Å²) < 4.78 is 29.2. The number of nitrogens with one attached hydrogen (secondary N) is 1. The van der Waals surface area contributed by atoms with Gasteiger partial charge in [-0.05, 0) is 24.1 Å². The Labute approximate surface area is 132 Å². The van der Waals surface area contributed by atoms with Crippen molar-refractivity contribution in [2.24, 2.45) is 0 Å². The molecule has 4 nitrogen and oxygen atoms in total. The van der Waals surface area contributed by atoms with Crippen molar-refractivity contribution in [3.8, 4) is 5.75 Å². The van der Waals surface area contributed by atoms with Crippen LogP contribution in [-0.2, 0) is 13.0 Å². The van der Waals surface area contributed by atoms with Crippen molar-refractivity contribution in [2.75, 3.05) is 11.4 Å². The van der Waals surface area contributed by atoms with Gasteiger partial charge >= 0.3 is 12.6 Å². The molecule has 0 saturated carbocycles. The van der Waals surface area contributed by atoms with Gasteiger partial charge in [-0.25, -0.2) is 4.79 Å². The zero-order chi connectivity index (χ0) is 16.2. The minimum atomic E-state index is -2.89. The molecule has 0 atom stereocenters. The van der Waals surface area contributed by atoms with Crippen LogP contribution in [0.3, 0.4) is 0 Å². The minimum Gasteiger partial charge on any atom is -0.434 e.